The van der Waals surface area contributed by atoms with Gasteiger partial charge in [-0.2, -0.15) is 0 Å². The summed E-state index contributed by atoms with van der Waals surface area (Å²) in [5, 5.41) is 0. The number of hydrogen-bond donors (Lipinski definition) is 0. The van der Waals surface area contributed by atoms with Gasteiger partial charge in [0.2, 0.25) is 0 Å². The molecular weight excluding hydrogens is 312 g/mol. The molecular formula is C26H38. The van der Waals surface area contributed by atoms with E-state index in [9.17, 15) is 0 Å². The van der Waals surface area contributed by atoms with E-state index in [2.05, 4.69) is 77.1 Å². The molecule has 1 atom stereocenters. The third kappa shape index (κ3) is 3.02. The van der Waals surface area contributed by atoms with E-state index >= 15 is 0 Å². The van der Waals surface area contributed by atoms with Gasteiger partial charge >= 0.3 is 0 Å². The monoisotopic (exact) mass is 350 g/mol. The van der Waals surface area contributed by atoms with E-state index in [1.165, 1.54) is 18.4 Å². The van der Waals surface area contributed by atoms with Crippen molar-refractivity contribution in [3.8, 4) is 0 Å². The second-order valence-corrected chi connectivity index (χ2v) is 8.80. The number of fused-ring (bicyclic) bond motifs is 4. The van der Waals surface area contributed by atoms with E-state index in [4.69, 9.17) is 0 Å². The van der Waals surface area contributed by atoms with Gasteiger partial charge in [0, 0.05) is 5.41 Å². The third-order valence-corrected chi connectivity index (χ3v) is 6.08. The van der Waals surface area contributed by atoms with Gasteiger partial charge in [0.25, 0.3) is 0 Å². The summed E-state index contributed by atoms with van der Waals surface area (Å²) in [4.78, 5) is 0. The topological polar surface area (TPSA) is 0 Å². The molecule has 26 heavy (non-hydrogen) atoms. The second kappa shape index (κ2) is 7.22. The zero-order valence-corrected chi connectivity index (χ0v) is 18.5. The summed E-state index contributed by atoms with van der Waals surface area (Å²) in [5.74, 6) is 0. The summed E-state index contributed by atoms with van der Waals surface area (Å²) < 4.78 is 0. The molecule has 0 N–H and O–H groups in total. The van der Waals surface area contributed by atoms with Crippen molar-refractivity contribution in [2.75, 3.05) is 0 Å². The van der Waals surface area contributed by atoms with Crippen LogP contribution in [-0.4, -0.2) is 0 Å². The molecule has 2 aliphatic rings. The Morgan fingerprint density at radius 1 is 0.615 bits per heavy atom. The fraction of sp³-hybridized carbons (Fsp3) is 0.538. The predicted octanol–water partition coefficient (Wildman–Crippen LogP) is 7.70. The van der Waals surface area contributed by atoms with Gasteiger partial charge in [-0.25, -0.2) is 0 Å². The molecule has 0 amide bonds. The molecule has 0 nitrogen and oxygen atoms in total. The second-order valence-electron chi connectivity index (χ2n) is 8.80. The lowest BCUT2D eigenvalue weighted by Crippen LogP contribution is -2.27. The van der Waals surface area contributed by atoms with Crippen LogP contribution in [0.5, 0.6) is 0 Å². The maximum absolute atomic E-state index is 2.46. The molecule has 2 aromatic rings. The van der Waals surface area contributed by atoms with Crippen molar-refractivity contribution in [3.63, 3.8) is 0 Å². The van der Waals surface area contributed by atoms with Gasteiger partial charge in [-0.15, -0.1) is 0 Å². The Kier molecular flexibility index (Phi) is 5.76. The first-order valence-electron chi connectivity index (χ1n) is 10.5. The zero-order chi connectivity index (χ0) is 19.8. The minimum absolute atomic E-state index is 0.213. The molecule has 2 aliphatic carbocycles. The molecule has 142 valence electrons. The molecule has 1 spiro atoms. The van der Waals surface area contributed by atoms with E-state index < -0.39 is 0 Å². The fourth-order valence-electron chi connectivity index (χ4n) is 5.42. The Morgan fingerprint density at radius 3 is 1.62 bits per heavy atom. The van der Waals surface area contributed by atoms with Crippen LogP contribution >= 0.6 is 0 Å². The Morgan fingerprint density at radius 2 is 1.08 bits per heavy atom. The average Bonchev–Trinajstić information content (AvgIpc) is 2.99. The summed E-state index contributed by atoms with van der Waals surface area (Å²) >= 11 is 0. The minimum Gasteiger partial charge on any atom is -0.0683 e. The van der Waals surface area contributed by atoms with Gasteiger partial charge in [0.1, 0.15) is 0 Å². The SMILES string of the molecule is CC.CC.Cc1ccc2c(c1)C1(CC(C)(C)c3ccccc31)CC2(C)C. The molecule has 0 aromatic heterocycles. The van der Waals surface area contributed by atoms with E-state index in [-0.39, 0.29) is 16.2 Å². The summed E-state index contributed by atoms with van der Waals surface area (Å²) in [6.07, 6.45) is 2.47. The lowest BCUT2D eigenvalue weighted by atomic mass is 9.72. The molecule has 0 bridgehead atoms. The summed E-state index contributed by atoms with van der Waals surface area (Å²) in [6, 6.07) is 16.3. The van der Waals surface area contributed by atoms with Crippen LogP contribution < -0.4 is 0 Å². The highest BCUT2D eigenvalue weighted by atomic mass is 14.6. The number of aryl methyl sites for hydroxylation is 1. The molecule has 0 aliphatic heterocycles. The van der Waals surface area contributed by atoms with Crippen LogP contribution in [-0.2, 0) is 16.2 Å². The number of hydrogen-bond acceptors (Lipinski definition) is 0. The van der Waals surface area contributed by atoms with Crippen molar-refractivity contribution in [3.05, 3.63) is 70.3 Å². The van der Waals surface area contributed by atoms with E-state index in [1.54, 1.807) is 22.3 Å². The molecule has 0 heteroatoms. The maximum atomic E-state index is 2.46. The quantitative estimate of drug-likeness (QED) is 0.456. The average molecular weight is 351 g/mol. The van der Waals surface area contributed by atoms with Crippen molar-refractivity contribution in [1.29, 1.82) is 0 Å². The molecule has 1 unspecified atom stereocenters. The first kappa shape index (κ1) is 20.7. The molecule has 0 saturated heterocycles. The molecule has 4 rings (SSSR count). The van der Waals surface area contributed by atoms with E-state index in [0.29, 0.717) is 0 Å². The van der Waals surface area contributed by atoms with Crippen molar-refractivity contribution in [2.24, 2.45) is 0 Å². The van der Waals surface area contributed by atoms with Crippen LogP contribution in [0.2, 0.25) is 0 Å². The van der Waals surface area contributed by atoms with Crippen LogP contribution in [0.3, 0.4) is 0 Å². The zero-order valence-electron chi connectivity index (χ0n) is 18.5. The highest BCUT2D eigenvalue weighted by Crippen LogP contribution is 2.62. The van der Waals surface area contributed by atoms with Gasteiger partial charge in [0.05, 0.1) is 0 Å². The molecule has 0 saturated carbocycles. The summed E-state index contributed by atoms with van der Waals surface area (Å²) in [7, 11) is 0. The minimum atomic E-state index is 0.213. The Balaban J connectivity index is 0.000000570. The van der Waals surface area contributed by atoms with Crippen LogP contribution in [0.15, 0.2) is 42.5 Å². The highest BCUT2D eigenvalue weighted by molar-refractivity contribution is 5.59. The first-order valence-corrected chi connectivity index (χ1v) is 10.5. The normalized spacial score (nSPS) is 23.3. The van der Waals surface area contributed by atoms with E-state index in [0.717, 1.165) is 0 Å². The number of rotatable bonds is 0. The lowest BCUT2D eigenvalue weighted by molar-refractivity contribution is 0.349. The highest BCUT2D eigenvalue weighted by Gasteiger charge is 2.55. The lowest BCUT2D eigenvalue weighted by Gasteiger charge is -2.30. The number of benzene rings is 2. The van der Waals surface area contributed by atoms with Gasteiger partial charge < -0.3 is 0 Å². The Hall–Kier alpha value is -1.56. The largest absolute Gasteiger partial charge is 0.0683 e. The maximum Gasteiger partial charge on any atom is 0.0225 e. The summed E-state index contributed by atoms with van der Waals surface area (Å²) in [6.45, 7) is 19.9. The fourth-order valence-corrected chi connectivity index (χ4v) is 5.42. The van der Waals surface area contributed by atoms with Crippen molar-refractivity contribution in [1.82, 2.24) is 0 Å². The van der Waals surface area contributed by atoms with Crippen molar-refractivity contribution >= 4 is 0 Å². The smallest absolute Gasteiger partial charge is 0.0225 e. The van der Waals surface area contributed by atoms with Crippen LogP contribution in [0.1, 0.15) is 96.0 Å². The first-order chi connectivity index (χ1) is 12.3. The van der Waals surface area contributed by atoms with E-state index in [1.807, 2.05) is 27.7 Å². The summed E-state index contributed by atoms with van der Waals surface area (Å²) in [5.41, 5.74) is 8.41. The molecule has 0 heterocycles. The van der Waals surface area contributed by atoms with Crippen molar-refractivity contribution in [2.45, 2.75) is 91.4 Å². The standard InChI is InChI=1S/C22H26.2C2H6/c1-15-10-11-17-19(12-15)22(14-21(17,4)5)13-20(2,3)16-8-6-7-9-18(16)22;2*1-2/h6-12H,13-14H2,1-5H3;2*1-2H3. The van der Waals surface area contributed by atoms with Gasteiger partial charge in [-0.3, -0.25) is 0 Å². The van der Waals surface area contributed by atoms with Crippen molar-refractivity contribution < 1.29 is 0 Å². The Bertz CT molecular complexity index is 759. The van der Waals surface area contributed by atoms with Crippen LogP contribution in [0.4, 0.5) is 0 Å². The Labute approximate surface area is 162 Å². The predicted molar refractivity (Wildman–Crippen MR) is 116 cm³/mol. The molecule has 0 fully saturated rings. The molecule has 2 aromatic carbocycles. The van der Waals surface area contributed by atoms with Gasteiger partial charge in [0.15, 0.2) is 0 Å². The van der Waals surface area contributed by atoms with Crippen LogP contribution in [0.25, 0.3) is 0 Å². The van der Waals surface area contributed by atoms with Gasteiger partial charge in [-0.1, -0.05) is 103 Å². The van der Waals surface area contributed by atoms with Crippen LogP contribution in [0, 0.1) is 6.92 Å². The third-order valence-electron chi connectivity index (χ3n) is 6.08. The molecule has 0 radical (unpaired) electrons. The van der Waals surface area contributed by atoms with Gasteiger partial charge in [-0.05, 0) is 52.8 Å².